The van der Waals surface area contributed by atoms with Crippen LogP contribution in [0.25, 0.3) is 0 Å². The normalized spacial score (nSPS) is 16.9. The molecule has 1 saturated heterocycles. The molecule has 8 heteroatoms. The maximum atomic E-state index is 13.1. The van der Waals surface area contributed by atoms with Crippen molar-refractivity contribution in [3.05, 3.63) is 65.5 Å². The summed E-state index contributed by atoms with van der Waals surface area (Å²) in [6.07, 6.45) is 0. The van der Waals surface area contributed by atoms with E-state index in [1.54, 1.807) is 24.3 Å². The van der Waals surface area contributed by atoms with Gasteiger partial charge in [-0.25, -0.2) is 12.8 Å². The first-order valence-corrected chi connectivity index (χ1v) is 12.0. The number of hydrogen-bond acceptors (Lipinski definition) is 4. The van der Waals surface area contributed by atoms with Crippen LogP contribution >= 0.6 is 0 Å². The Hall–Kier alpha value is -2.29. The zero-order valence-electron chi connectivity index (χ0n) is 18.2. The van der Waals surface area contributed by atoms with Crippen molar-refractivity contribution in [1.82, 2.24) is 14.5 Å². The Morgan fingerprint density at radius 1 is 0.935 bits per heavy atom. The lowest BCUT2D eigenvalue weighted by Crippen LogP contribution is -2.51. The average molecular weight is 448 g/mol. The number of piperazine rings is 1. The first kappa shape index (κ1) is 23.4. The highest BCUT2D eigenvalue weighted by Crippen LogP contribution is 2.21. The maximum Gasteiger partial charge on any atom is 0.243 e. The van der Waals surface area contributed by atoms with Crippen LogP contribution in [0, 0.1) is 5.82 Å². The number of nitrogens with one attached hydrogen (secondary N) is 1. The molecule has 0 radical (unpaired) electrons. The van der Waals surface area contributed by atoms with E-state index in [9.17, 15) is 17.6 Å². The van der Waals surface area contributed by atoms with Gasteiger partial charge in [0.1, 0.15) is 5.82 Å². The van der Waals surface area contributed by atoms with E-state index >= 15 is 0 Å². The van der Waals surface area contributed by atoms with Crippen molar-refractivity contribution < 1.29 is 17.6 Å². The summed E-state index contributed by atoms with van der Waals surface area (Å²) in [6, 6.07) is 12.9. The van der Waals surface area contributed by atoms with E-state index in [1.165, 1.54) is 16.4 Å². The number of hydrogen-bond donors (Lipinski definition) is 1. The molecular formula is C23H30FN3O3S. The van der Waals surface area contributed by atoms with E-state index in [-0.39, 0.29) is 24.3 Å². The molecule has 0 bridgehead atoms. The van der Waals surface area contributed by atoms with Gasteiger partial charge in [0.2, 0.25) is 15.9 Å². The summed E-state index contributed by atoms with van der Waals surface area (Å²) >= 11 is 0. The molecule has 1 unspecified atom stereocenters. The highest BCUT2D eigenvalue weighted by molar-refractivity contribution is 7.89. The number of carbonyl (C=O) groups is 1. The molecule has 1 fully saturated rings. The summed E-state index contributed by atoms with van der Waals surface area (Å²) in [4.78, 5) is 14.6. The van der Waals surface area contributed by atoms with Gasteiger partial charge in [0.25, 0.3) is 0 Å². The Morgan fingerprint density at radius 2 is 1.48 bits per heavy atom. The fourth-order valence-electron chi connectivity index (χ4n) is 3.63. The van der Waals surface area contributed by atoms with Crippen LogP contribution in [0.5, 0.6) is 0 Å². The van der Waals surface area contributed by atoms with Crippen LogP contribution in [0.3, 0.4) is 0 Å². The second-order valence-electron chi connectivity index (χ2n) is 8.24. The third-order valence-electron chi connectivity index (χ3n) is 5.63. The number of carbonyl (C=O) groups excluding carboxylic acids is 1. The van der Waals surface area contributed by atoms with Crippen LogP contribution in [0.1, 0.15) is 43.9 Å². The Labute approximate surface area is 184 Å². The Morgan fingerprint density at radius 3 is 2.03 bits per heavy atom. The minimum Gasteiger partial charge on any atom is -0.348 e. The van der Waals surface area contributed by atoms with Crippen molar-refractivity contribution in [2.75, 3.05) is 32.7 Å². The van der Waals surface area contributed by atoms with Gasteiger partial charge in [-0.2, -0.15) is 4.31 Å². The minimum atomic E-state index is -3.54. The smallest absolute Gasteiger partial charge is 0.243 e. The third-order valence-corrected chi connectivity index (χ3v) is 7.54. The second-order valence-corrected chi connectivity index (χ2v) is 10.2. The van der Waals surface area contributed by atoms with Crippen molar-refractivity contribution in [3.63, 3.8) is 0 Å². The van der Waals surface area contributed by atoms with Crippen LogP contribution in [-0.2, 0) is 14.8 Å². The first-order valence-electron chi connectivity index (χ1n) is 10.5. The molecule has 0 aromatic heterocycles. The van der Waals surface area contributed by atoms with Gasteiger partial charge in [-0.05, 0) is 48.2 Å². The third kappa shape index (κ3) is 5.90. The fourth-order valence-corrected chi connectivity index (χ4v) is 5.05. The molecular weight excluding hydrogens is 417 g/mol. The molecule has 1 N–H and O–H groups in total. The maximum absolute atomic E-state index is 13.1. The zero-order valence-corrected chi connectivity index (χ0v) is 19.0. The predicted octanol–water partition coefficient (Wildman–Crippen LogP) is 3.13. The summed E-state index contributed by atoms with van der Waals surface area (Å²) in [5.41, 5.74) is 1.93. The molecule has 6 nitrogen and oxygen atoms in total. The fraction of sp³-hybridized carbons (Fsp3) is 0.435. The molecule has 168 valence electrons. The summed E-state index contributed by atoms with van der Waals surface area (Å²) in [6.45, 7) is 7.84. The van der Waals surface area contributed by atoms with Gasteiger partial charge in [0.05, 0.1) is 17.5 Å². The SMILES string of the molecule is CC(C)c1ccc(S(=O)(=O)N2CCN(CC(=O)NC(C)c3ccc(F)cc3)CC2)cc1. The van der Waals surface area contributed by atoms with E-state index in [1.807, 2.05) is 24.0 Å². The zero-order chi connectivity index (χ0) is 22.6. The van der Waals surface area contributed by atoms with E-state index < -0.39 is 10.0 Å². The van der Waals surface area contributed by atoms with E-state index in [0.717, 1.165) is 11.1 Å². The van der Waals surface area contributed by atoms with Crippen molar-refractivity contribution in [2.45, 2.75) is 37.6 Å². The molecule has 1 heterocycles. The summed E-state index contributed by atoms with van der Waals surface area (Å²) in [7, 11) is -3.54. The minimum absolute atomic E-state index is 0.141. The van der Waals surface area contributed by atoms with Crippen LogP contribution in [0.4, 0.5) is 4.39 Å². The van der Waals surface area contributed by atoms with Gasteiger partial charge in [0, 0.05) is 26.2 Å². The van der Waals surface area contributed by atoms with Crippen molar-refractivity contribution in [3.8, 4) is 0 Å². The van der Waals surface area contributed by atoms with Crippen LogP contribution in [0.2, 0.25) is 0 Å². The Kier molecular flexibility index (Phi) is 7.46. The molecule has 1 atom stereocenters. The van der Waals surface area contributed by atoms with E-state index in [0.29, 0.717) is 37.0 Å². The van der Waals surface area contributed by atoms with E-state index in [2.05, 4.69) is 19.2 Å². The molecule has 2 aromatic rings. The van der Waals surface area contributed by atoms with Gasteiger partial charge >= 0.3 is 0 Å². The lowest BCUT2D eigenvalue weighted by Gasteiger charge is -2.33. The first-order chi connectivity index (χ1) is 14.7. The highest BCUT2D eigenvalue weighted by atomic mass is 32.2. The van der Waals surface area contributed by atoms with Crippen LogP contribution < -0.4 is 5.32 Å². The summed E-state index contributed by atoms with van der Waals surface area (Å²) in [5.74, 6) is -0.111. The molecule has 2 aromatic carbocycles. The van der Waals surface area contributed by atoms with Gasteiger partial charge in [-0.1, -0.05) is 38.1 Å². The van der Waals surface area contributed by atoms with Gasteiger partial charge in [0.15, 0.2) is 0 Å². The molecule has 1 amide bonds. The number of sulfonamides is 1. The number of benzene rings is 2. The Bertz CT molecular complexity index is 984. The monoisotopic (exact) mass is 447 g/mol. The topological polar surface area (TPSA) is 69.7 Å². The quantitative estimate of drug-likeness (QED) is 0.708. The number of nitrogens with zero attached hydrogens (tertiary/aromatic N) is 2. The predicted molar refractivity (Wildman–Crippen MR) is 119 cm³/mol. The largest absolute Gasteiger partial charge is 0.348 e. The Balaban J connectivity index is 1.51. The molecule has 0 saturated carbocycles. The molecule has 1 aliphatic heterocycles. The molecule has 0 aliphatic carbocycles. The summed E-state index contributed by atoms with van der Waals surface area (Å²) < 4.78 is 40.4. The highest BCUT2D eigenvalue weighted by Gasteiger charge is 2.29. The standard InChI is InChI=1S/C23H30FN3O3S/c1-17(2)19-6-10-22(11-7-19)31(29,30)27-14-12-26(13-15-27)16-23(28)25-18(3)20-4-8-21(24)9-5-20/h4-11,17-18H,12-16H2,1-3H3,(H,25,28). The molecule has 1 aliphatic rings. The van der Waals surface area contributed by atoms with Crippen molar-refractivity contribution in [2.24, 2.45) is 0 Å². The number of amides is 1. The number of rotatable bonds is 7. The lowest BCUT2D eigenvalue weighted by molar-refractivity contribution is -0.123. The molecule has 3 rings (SSSR count). The average Bonchev–Trinajstić information content (AvgIpc) is 2.74. The van der Waals surface area contributed by atoms with Gasteiger partial charge in [-0.15, -0.1) is 0 Å². The molecule has 0 spiro atoms. The van der Waals surface area contributed by atoms with E-state index in [4.69, 9.17) is 0 Å². The van der Waals surface area contributed by atoms with Gasteiger partial charge < -0.3 is 5.32 Å². The lowest BCUT2D eigenvalue weighted by atomic mass is 10.0. The van der Waals surface area contributed by atoms with Gasteiger partial charge in [-0.3, -0.25) is 9.69 Å². The summed E-state index contributed by atoms with van der Waals surface area (Å²) in [5, 5.41) is 2.91. The van der Waals surface area contributed by atoms with Crippen LogP contribution in [-0.4, -0.2) is 56.3 Å². The second kappa shape index (κ2) is 9.89. The van der Waals surface area contributed by atoms with Crippen molar-refractivity contribution in [1.29, 1.82) is 0 Å². The number of halogens is 1. The van der Waals surface area contributed by atoms with Crippen molar-refractivity contribution >= 4 is 15.9 Å². The molecule has 31 heavy (non-hydrogen) atoms. The van der Waals surface area contributed by atoms with Crippen LogP contribution in [0.15, 0.2) is 53.4 Å².